The summed E-state index contributed by atoms with van der Waals surface area (Å²) in [5.74, 6) is -0.943. The number of amides is 2. The summed E-state index contributed by atoms with van der Waals surface area (Å²) >= 11 is 0. The summed E-state index contributed by atoms with van der Waals surface area (Å²) in [5, 5.41) is 4.58. The molecule has 2 N–H and O–H groups in total. The molecule has 2 aliphatic rings. The number of allylic oxidation sites excluding steroid dienone is 4. The zero-order valence-electron chi connectivity index (χ0n) is 18.5. The molecule has 0 saturated carbocycles. The van der Waals surface area contributed by atoms with E-state index in [0.29, 0.717) is 42.3 Å². The summed E-state index contributed by atoms with van der Waals surface area (Å²) < 4.78 is 31.0. The number of nitrogens with zero attached hydrogens (tertiary/aromatic N) is 6. The monoisotopic (exact) mass is 463 g/mol. The maximum atomic E-state index is 16.0. The molecule has 5 rings (SSSR count). The van der Waals surface area contributed by atoms with Gasteiger partial charge in [0.15, 0.2) is 6.17 Å². The maximum absolute atomic E-state index is 16.0. The Labute approximate surface area is 195 Å². The van der Waals surface area contributed by atoms with Crippen LogP contribution in [0.3, 0.4) is 0 Å². The van der Waals surface area contributed by atoms with Gasteiger partial charge in [-0.15, -0.1) is 0 Å². The number of aromatic nitrogens is 4. The fourth-order valence-corrected chi connectivity index (χ4v) is 4.33. The van der Waals surface area contributed by atoms with E-state index in [2.05, 4.69) is 15.1 Å². The molecule has 174 valence electrons. The van der Waals surface area contributed by atoms with Gasteiger partial charge in [-0.2, -0.15) is 5.10 Å². The van der Waals surface area contributed by atoms with Crippen molar-refractivity contribution in [2.24, 2.45) is 0 Å². The van der Waals surface area contributed by atoms with Crippen molar-refractivity contribution in [1.82, 2.24) is 24.6 Å². The summed E-state index contributed by atoms with van der Waals surface area (Å²) in [6, 6.07) is 7.02. The third kappa shape index (κ3) is 3.81. The number of benzene rings is 1. The van der Waals surface area contributed by atoms with Crippen LogP contribution in [0.2, 0.25) is 0 Å². The topological polar surface area (TPSA) is 93.2 Å². The number of nitrogen functional groups attached to an aromatic ring is 1. The van der Waals surface area contributed by atoms with Crippen molar-refractivity contribution >= 4 is 17.7 Å². The lowest BCUT2D eigenvalue weighted by atomic mass is 9.88. The predicted molar refractivity (Wildman–Crippen MR) is 124 cm³/mol. The van der Waals surface area contributed by atoms with Crippen LogP contribution in [-0.4, -0.2) is 49.9 Å². The van der Waals surface area contributed by atoms with E-state index in [9.17, 15) is 9.18 Å². The maximum Gasteiger partial charge on any atom is 0.328 e. The van der Waals surface area contributed by atoms with Crippen molar-refractivity contribution in [3.05, 3.63) is 78.0 Å². The van der Waals surface area contributed by atoms with Crippen molar-refractivity contribution in [3.8, 4) is 11.4 Å². The zero-order valence-corrected chi connectivity index (χ0v) is 18.5. The van der Waals surface area contributed by atoms with Crippen LogP contribution in [0, 0.1) is 5.82 Å². The second kappa shape index (κ2) is 8.69. The summed E-state index contributed by atoms with van der Waals surface area (Å²) in [5.41, 5.74) is 8.28. The van der Waals surface area contributed by atoms with Gasteiger partial charge < -0.3 is 5.73 Å². The van der Waals surface area contributed by atoms with E-state index in [4.69, 9.17) is 5.73 Å². The Kier molecular flexibility index (Phi) is 5.56. The van der Waals surface area contributed by atoms with Crippen LogP contribution < -0.4 is 10.6 Å². The Morgan fingerprint density at radius 1 is 1.15 bits per heavy atom. The average molecular weight is 463 g/mol. The van der Waals surface area contributed by atoms with Crippen LogP contribution in [0.15, 0.2) is 66.7 Å². The molecule has 3 heterocycles. The Bertz CT molecular complexity index is 1280. The summed E-state index contributed by atoms with van der Waals surface area (Å²) in [6.07, 6.45) is 7.00. The number of nitrogens with two attached hydrogens (primary N) is 1. The van der Waals surface area contributed by atoms with Crippen molar-refractivity contribution < 1.29 is 13.6 Å². The highest BCUT2D eigenvalue weighted by Gasteiger charge is 2.39. The highest BCUT2D eigenvalue weighted by atomic mass is 19.1. The van der Waals surface area contributed by atoms with Gasteiger partial charge in [0.05, 0.1) is 11.4 Å². The van der Waals surface area contributed by atoms with E-state index in [-0.39, 0.29) is 23.5 Å². The zero-order chi connectivity index (χ0) is 23.8. The summed E-state index contributed by atoms with van der Waals surface area (Å²) in [7, 11) is 0. The van der Waals surface area contributed by atoms with Gasteiger partial charge >= 0.3 is 6.03 Å². The molecule has 1 saturated heterocycles. The average Bonchev–Trinajstić information content (AvgIpc) is 3.44. The smallest absolute Gasteiger partial charge is 0.328 e. The molecule has 2 aromatic heterocycles. The van der Waals surface area contributed by atoms with Gasteiger partial charge in [0, 0.05) is 49.2 Å². The third-order valence-corrected chi connectivity index (χ3v) is 6.03. The molecular weight excluding hydrogens is 440 g/mol. The number of alkyl halides is 1. The number of anilines is 2. The quantitative estimate of drug-likeness (QED) is 0.620. The largest absolute Gasteiger partial charge is 0.368 e. The lowest BCUT2D eigenvalue weighted by Crippen LogP contribution is -2.36. The summed E-state index contributed by atoms with van der Waals surface area (Å²) in [4.78, 5) is 24.3. The molecule has 2 amide bonds. The van der Waals surface area contributed by atoms with Crippen LogP contribution in [0.4, 0.5) is 25.2 Å². The first-order chi connectivity index (χ1) is 16.5. The summed E-state index contributed by atoms with van der Waals surface area (Å²) in [6.45, 7) is 3.24. The van der Waals surface area contributed by atoms with Crippen molar-refractivity contribution in [1.29, 1.82) is 0 Å². The number of carbonyl (C=O) groups is 1. The Morgan fingerprint density at radius 3 is 2.65 bits per heavy atom. The third-order valence-electron chi connectivity index (χ3n) is 6.03. The molecule has 2 unspecified atom stereocenters. The number of halogens is 2. The molecular formula is C24H23F2N7O. The predicted octanol–water partition coefficient (Wildman–Crippen LogP) is 3.90. The van der Waals surface area contributed by atoms with Crippen LogP contribution >= 0.6 is 0 Å². The van der Waals surface area contributed by atoms with Crippen molar-refractivity contribution in [2.75, 3.05) is 23.7 Å². The van der Waals surface area contributed by atoms with Gasteiger partial charge in [0.2, 0.25) is 5.95 Å². The number of urea groups is 1. The minimum atomic E-state index is -1.48. The number of hydrogen-bond donors (Lipinski definition) is 1. The molecule has 1 aliphatic heterocycles. The SMILES string of the molecule is CCn1cc(C2C=CC=C(N3CCN(c4ccc(F)cc4)C3=O)C2F)c(-c2ccnc(N)n2)n1. The molecule has 8 nitrogen and oxygen atoms in total. The van der Waals surface area contributed by atoms with Gasteiger partial charge in [-0.05, 0) is 43.3 Å². The van der Waals surface area contributed by atoms with Gasteiger partial charge in [-0.1, -0.05) is 12.2 Å². The highest BCUT2D eigenvalue weighted by molar-refractivity contribution is 5.95. The molecule has 1 fully saturated rings. The van der Waals surface area contributed by atoms with E-state index in [0.717, 1.165) is 0 Å². The fourth-order valence-electron chi connectivity index (χ4n) is 4.33. The number of rotatable bonds is 5. The van der Waals surface area contributed by atoms with Crippen LogP contribution in [0.5, 0.6) is 0 Å². The molecule has 2 atom stereocenters. The second-order valence-corrected chi connectivity index (χ2v) is 8.06. The molecule has 10 heteroatoms. The molecule has 1 aromatic carbocycles. The molecule has 1 aliphatic carbocycles. The first-order valence-electron chi connectivity index (χ1n) is 11.0. The van der Waals surface area contributed by atoms with Crippen molar-refractivity contribution in [3.63, 3.8) is 0 Å². The molecule has 3 aromatic rings. The van der Waals surface area contributed by atoms with E-state index in [1.54, 1.807) is 47.3 Å². The van der Waals surface area contributed by atoms with E-state index in [1.807, 2.05) is 6.92 Å². The Balaban J connectivity index is 1.44. The van der Waals surface area contributed by atoms with Crippen LogP contribution in [0.1, 0.15) is 18.4 Å². The van der Waals surface area contributed by atoms with E-state index >= 15 is 4.39 Å². The first-order valence-corrected chi connectivity index (χ1v) is 11.0. The Hall–Kier alpha value is -4.08. The lowest BCUT2D eigenvalue weighted by molar-refractivity contribution is 0.217. The molecule has 0 bridgehead atoms. The minimum Gasteiger partial charge on any atom is -0.368 e. The number of aryl methyl sites for hydroxylation is 1. The van der Waals surface area contributed by atoms with Gasteiger partial charge in [0.1, 0.15) is 11.5 Å². The molecule has 0 radical (unpaired) electrons. The second-order valence-electron chi connectivity index (χ2n) is 8.06. The van der Waals surface area contributed by atoms with E-state index < -0.39 is 12.1 Å². The minimum absolute atomic E-state index is 0.106. The standard InChI is InChI=1S/C24H23F2N7O/c1-2-31-14-18(22(30-31)19-10-11-28-23(27)29-19)17-4-3-5-20(21(17)26)33-13-12-32(24(33)34)16-8-6-15(25)7-9-16/h3-11,14,17,21H,2,12-13H2,1H3,(H2,27,28,29). The first kappa shape index (κ1) is 21.7. The lowest BCUT2D eigenvalue weighted by Gasteiger charge is -2.29. The molecule has 34 heavy (non-hydrogen) atoms. The fraction of sp³-hybridized carbons (Fsp3) is 0.250. The van der Waals surface area contributed by atoms with E-state index in [1.165, 1.54) is 28.1 Å². The van der Waals surface area contributed by atoms with Crippen LogP contribution in [-0.2, 0) is 6.54 Å². The van der Waals surface area contributed by atoms with Crippen molar-refractivity contribution in [2.45, 2.75) is 25.6 Å². The van der Waals surface area contributed by atoms with Gasteiger partial charge in [0.25, 0.3) is 0 Å². The molecule has 0 spiro atoms. The normalized spacial score (nSPS) is 20.2. The number of carbonyl (C=O) groups excluding carboxylic acids is 1. The van der Waals surface area contributed by atoms with Crippen LogP contribution in [0.25, 0.3) is 11.4 Å². The van der Waals surface area contributed by atoms with Gasteiger partial charge in [-0.3, -0.25) is 14.5 Å². The van der Waals surface area contributed by atoms with Gasteiger partial charge in [-0.25, -0.2) is 23.5 Å². The Morgan fingerprint density at radius 2 is 1.91 bits per heavy atom. The highest BCUT2D eigenvalue weighted by Crippen LogP contribution is 2.38. The number of hydrogen-bond acceptors (Lipinski definition) is 5.